The van der Waals surface area contributed by atoms with Crippen LogP contribution in [0.15, 0.2) is 4.79 Å². The first-order valence-electron chi connectivity index (χ1n) is 3.40. The lowest BCUT2D eigenvalue weighted by Gasteiger charge is -2.03. The molecule has 1 heterocycles. The molecule has 1 rings (SSSR count). The van der Waals surface area contributed by atoms with Crippen LogP contribution in [0.25, 0.3) is 0 Å². The summed E-state index contributed by atoms with van der Waals surface area (Å²) in [5.41, 5.74) is 4.88. The predicted molar refractivity (Wildman–Crippen MR) is 51.0 cm³/mol. The number of carbonyl (C=O) groups is 1. The van der Waals surface area contributed by atoms with E-state index in [0.717, 1.165) is 0 Å². The number of H-pyrrole nitrogens is 2. The van der Waals surface area contributed by atoms with Crippen molar-refractivity contribution in [3.63, 3.8) is 0 Å². The fraction of sp³-hybridized carbons (Fsp3) is 0.167. The van der Waals surface area contributed by atoms with Crippen molar-refractivity contribution in [2.45, 2.75) is 6.92 Å². The Morgan fingerprint density at radius 2 is 2.15 bits per heavy atom. The summed E-state index contributed by atoms with van der Waals surface area (Å²) in [5.74, 6) is -0.327. The molecule has 0 atom stereocenters. The zero-order valence-electron chi connectivity index (χ0n) is 6.80. The molecular weight excluding hydrogens is 192 g/mol. The van der Waals surface area contributed by atoms with Gasteiger partial charge >= 0.3 is 0 Å². The van der Waals surface area contributed by atoms with Crippen molar-refractivity contribution in [2.24, 2.45) is 0 Å². The molecule has 0 saturated heterocycles. The molecule has 1 aromatic rings. The standard InChI is InChI=1S/C6H8N4O2S/c1-2(11)8-3-4(7)9-6(13)10-5(3)12/h1H3,(H,8,11)(H4,7,9,10,12,13). The Morgan fingerprint density at radius 1 is 1.54 bits per heavy atom. The van der Waals surface area contributed by atoms with Crippen LogP contribution in [0.4, 0.5) is 11.5 Å². The van der Waals surface area contributed by atoms with Gasteiger partial charge in [-0.05, 0) is 12.2 Å². The van der Waals surface area contributed by atoms with Crippen molar-refractivity contribution < 1.29 is 4.79 Å². The average molecular weight is 200 g/mol. The molecule has 1 amide bonds. The average Bonchev–Trinajstić information content (AvgIpc) is 1.96. The van der Waals surface area contributed by atoms with Crippen molar-refractivity contribution in [1.82, 2.24) is 9.97 Å². The zero-order valence-corrected chi connectivity index (χ0v) is 7.62. The number of nitrogen functional groups attached to an aromatic ring is 1. The van der Waals surface area contributed by atoms with Gasteiger partial charge in [0.15, 0.2) is 4.77 Å². The molecule has 0 aromatic carbocycles. The monoisotopic (exact) mass is 200 g/mol. The molecule has 0 aliphatic heterocycles. The molecule has 0 bridgehead atoms. The van der Waals surface area contributed by atoms with E-state index in [-0.39, 0.29) is 22.2 Å². The van der Waals surface area contributed by atoms with Crippen LogP contribution in [0.2, 0.25) is 0 Å². The van der Waals surface area contributed by atoms with Crippen molar-refractivity contribution in [2.75, 3.05) is 11.1 Å². The number of rotatable bonds is 1. The van der Waals surface area contributed by atoms with E-state index in [1.807, 2.05) is 0 Å². The van der Waals surface area contributed by atoms with Gasteiger partial charge in [-0.25, -0.2) is 0 Å². The number of anilines is 2. The molecule has 5 N–H and O–H groups in total. The van der Waals surface area contributed by atoms with E-state index in [0.29, 0.717) is 0 Å². The Morgan fingerprint density at radius 3 is 2.62 bits per heavy atom. The predicted octanol–water partition coefficient (Wildman–Crippen LogP) is -0.0269. The first-order chi connectivity index (χ1) is 6.00. The van der Waals surface area contributed by atoms with Crippen LogP contribution < -0.4 is 16.6 Å². The molecule has 0 fully saturated rings. The topological polar surface area (TPSA) is 104 Å². The summed E-state index contributed by atoms with van der Waals surface area (Å²) in [5, 5.41) is 2.28. The summed E-state index contributed by atoms with van der Waals surface area (Å²) < 4.78 is 0.122. The molecule has 0 aliphatic rings. The van der Waals surface area contributed by atoms with Crippen LogP contribution in [0.1, 0.15) is 6.92 Å². The Labute approximate surface area is 78.2 Å². The highest BCUT2D eigenvalue weighted by Gasteiger charge is 2.05. The van der Waals surface area contributed by atoms with Gasteiger partial charge in [-0.15, -0.1) is 0 Å². The first kappa shape index (κ1) is 9.46. The maximum atomic E-state index is 11.2. The summed E-state index contributed by atoms with van der Waals surface area (Å²) in [6, 6.07) is 0. The lowest BCUT2D eigenvalue weighted by atomic mass is 10.4. The van der Waals surface area contributed by atoms with Crippen LogP contribution in [0.3, 0.4) is 0 Å². The smallest absolute Gasteiger partial charge is 0.277 e. The summed E-state index contributed by atoms with van der Waals surface area (Å²) >= 11 is 4.66. The highest BCUT2D eigenvalue weighted by molar-refractivity contribution is 7.71. The second kappa shape index (κ2) is 3.40. The number of amides is 1. The normalized spacial score (nSPS) is 9.62. The fourth-order valence-corrected chi connectivity index (χ4v) is 1.01. The first-order valence-corrected chi connectivity index (χ1v) is 3.81. The number of hydrogen-bond acceptors (Lipinski definition) is 4. The molecule has 0 unspecified atom stereocenters. The van der Waals surface area contributed by atoms with Crippen molar-refractivity contribution >= 4 is 29.6 Å². The molecule has 70 valence electrons. The molecule has 6 nitrogen and oxygen atoms in total. The van der Waals surface area contributed by atoms with E-state index < -0.39 is 5.56 Å². The molecular formula is C6H8N4O2S. The van der Waals surface area contributed by atoms with Crippen molar-refractivity contribution in [3.8, 4) is 0 Å². The number of carbonyl (C=O) groups excluding carboxylic acids is 1. The number of aromatic nitrogens is 2. The zero-order chi connectivity index (χ0) is 10.0. The van der Waals surface area contributed by atoms with E-state index in [4.69, 9.17) is 5.73 Å². The quantitative estimate of drug-likeness (QED) is 0.478. The fourth-order valence-electron chi connectivity index (χ4n) is 0.804. The largest absolute Gasteiger partial charge is 0.383 e. The van der Waals surface area contributed by atoms with Crippen LogP contribution in [-0.4, -0.2) is 15.9 Å². The van der Waals surface area contributed by atoms with Crippen LogP contribution in [0.5, 0.6) is 0 Å². The SMILES string of the molecule is CC(=O)Nc1c(N)[nH]c(=S)[nH]c1=O. The van der Waals surface area contributed by atoms with Gasteiger partial charge in [0.2, 0.25) is 5.91 Å². The van der Waals surface area contributed by atoms with Gasteiger partial charge in [0.05, 0.1) is 0 Å². The Kier molecular flexibility index (Phi) is 2.47. The Bertz CT molecular complexity index is 447. The van der Waals surface area contributed by atoms with Gasteiger partial charge in [-0.3, -0.25) is 14.6 Å². The highest BCUT2D eigenvalue weighted by atomic mass is 32.1. The third-order valence-corrected chi connectivity index (χ3v) is 1.48. The van der Waals surface area contributed by atoms with Crippen LogP contribution in [-0.2, 0) is 4.79 Å². The molecule has 0 aliphatic carbocycles. The minimum atomic E-state index is -0.517. The van der Waals surface area contributed by atoms with Gasteiger partial charge in [-0.1, -0.05) is 0 Å². The van der Waals surface area contributed by atoms with Crippen molar-refractivity contribution in [1.29, 1.82) is 0 Å². The van der Waals surface area contributed by atoms with E-state index >= 15 is 0 Å². The molecule has 13 heavy (non-hydrogen) atoms. The molecule has 7 heteroatoms. The van der Waals surface area contributed by atoms with Gasteiger partial charge in [0.25, 0.3) is 5.56 Å². The lowest BCUT2D eigenvalue weighted by molar-refractivity contribution is -0.114. The summed E-state index contributed by atoms with van der Waals surface area (Å²) in [6.07, 6.45) is 0. The molecule has 0 radical (unpaired) electrons. The second-order valence-corrected chi connectivity index (χ2v) is 2.79. The van der Waals surface area contributed by atoms with Crippen LogP contribution in [0, 0.1) is 4.77 Å². The number of nitrogens with one attached hydrogen (secondary N) is 3. The number of hydrogen-bond donors (Lipinski definition) is 4. The Balaban J connectivity index is 3.29. The second-order valence-electron chi connectivity index (χ2n) is 2.38. The van der Waals surface area contributed by atoms with Gasteiger partial charge in [0, 0.05) is 6.92 Å². The van der Waals surface area contributed by atoms with Crippen molar-refractivity contribution in [3.05, 3.63) is 15.1 Å². The summed E-state index contributed by atoms with van der Waals surface area (Å²) in [7, 11) is 0. The Hall–Kier alpha value is -1.63. The highest BCUT2D eigenvalue weighted by Crippen LogP contribution is 2.06. The third-order valence-electron chi connectivity index (χ3n) is 1.27. The van der Waals surface area contributed by atoms with Gasteiger partial charge in [0.1, 0.15) is 11.5 Å². The van der Waals surface area contributed by atoms with Gasteiger partial charge < -0.3 is 16.0 Å². The van der Waals surface area contributed by atoms with E-state index in [9.17, 15) is 9.59 Å². The lowest BCUT2D eigenvalue weighted by Crippen LogP contribution is -2.20. The minimum Gasteiger partial charge on any atom is -0.383 e. The van der Waals surface area contributed by atoms with E-state index in [1.165, 1.54) is 6.92 Å². The van der Waals surface area contributed by atoms with Crippen LogP contribution >= 0.6 is 12.2 Å². The molecule has 1 aromatic heterocycles. The molecule has 0 spiro atoms. The number of nitrogens with two attached hydrogens (primary N) is 1. The third kappa shape index (κ3) is 2.15. The summed E-state index contributed by atoms with van der Waals surface area (Å²) in [4.78, 5) is 26.6. The molecule has 0 saturated carbocycles. The maximum Gasteiger partial charge on any atom is 0.277 e. The summed E-state index contributed by atoms with van der Waals surface area (Å²) in [6.45, 7) is 1.28. The van der Waals surface area contributed by atoms with E-state index in [2.05, 4.69) is 27.5 Å². The number of aromatic amines is 2. The van der Waals surface area contributed by atoms with Gasteiger partial charge in [-0.2, -0.15) is 0 Å². The maximum absolute atomic E-state index is 11.2. The minimum absolute atomic E-state index is 0.0129. The van der Waals surface area contributed by atoms with E-state index in [1.54, 1.807) is 0 Å².